The van der Waals surface area contributed by atoms with Crippen LogP contribution in [0.1, 0.15) is 28.5 Å². The van der Waals surface area contributed by atoms with Crippen LogP contribution in [0.4, 0.5) is 0 Å². The first-order valence-corrected chi connectivity index (χ1v) is 5.05. The number of allylic oxidation sites excluding steroid dienone is 1. The van der Waals surface area contributed by atoms with E-state index in [0.717, 1.165) is 5.69 Å². The van der Waals surface area contributed by atoms with Crippen molar-refractivity contribution in [3.63, 3.8) is 0 Å². The molecule has 86 valence electrons. The van der Waals surface area contributed by atoms with Gasteiger partial charge in [0.2, 0.25) is 0 Å². The fraction of sp³-hybridized carbons (Fsp3) is 0.333. The lowest BCUT2D eigenvalue weighted by Gasteiger charge is -2.05. The molecule has 16 heavy (non-hydrogen) atoms. The number of aryl methyl sites for hydroxylation is 2. The minimum absolute atomic E-state index is 0.0788. The van der Waals surface area contributed by atoms with Crippen molar-refractivity contribution < 1.29 is 9.53 Å². The van der Waals surface area contributed by atoms with E-state index in [1.807, 2.05) is 6.92 Å². The molecular weight excluding hydrogens is 206 g/mol. The fourth-order valence-electron chi connectivity index (χ4n) is 1.40. The van der Waals surface area contributed by atoms with E-state index in [1.165, 1.54) is 0 Å². The van der Waals surface area contributed by atoms with Gasteiger partial charge in [-0.05, 0) is 32.4 Å². The molecule has 0 bridgehead atoms. The van der Waals surface area contributed by atoms with E-state index >= 15 is 0 Å². The van der Waals surface area contributed by atoms with Gasteiger partial charge >= 0.3 is 5.97 Å². The van der Waals surface area contributed by atoms with Crippen molar-refractivity contribution in [2.75, 3.05) is 6.61 Å². The van der Waals surface area contributed by atoms with E-state index < -0.39 is 11.5 Å². The number of aromatic amines is 1. The first-order chi connectivity index (χ1) is 7.56. The van der Waals surface area contributed by atoms with Crippen LogP contribution in [0.15, 0.2) is 23.0 Å². The summed E-state index contributed by atoms with van der Waals surface area (Å²) in [7, 11) is 0. The molecule has 0 aliphatic rings. The second-order valence-electron chi connectivity index (χ2n) is 3.51. The van der Waals surface area contributed by atoms with E-state index in [2.05, 4.69) is 4.98 Å². The van der Waals surface area contributed by atoms with Crippen LogP contribution in [0.5, 0.6) is 0 Å². The molecule has 0 aliphatic heterocycles. The highest BCUT2D eigenvalue weighted by Crippen LogP contribution is 2.05. The van der Waals surface area contributed by atoms with Crippen LogP contribution in [0.3, 0.4) is 0 Å². The summed E-state index contributed by atoms with van der Waals surface area (Å²) in [6.45, 7) is 5.50. The Hall–Kier alpha value is -1.84. The molecule has 4 nitrogen and oxygen atoms in total. The maximum absolute atomic E-state index is 11.6. The van der Waals surface area contributed by atoms with E-state index in [9.17, 15) is 9.59 Å². The number of H-pyrrole nitrogens is 1. The Bertz CT molecular complexity index is 472. The lowest BCUT2D eigenvalue weighted by Crippen LogP contribution is -2.22. The normalized spacial score (nSPS) is 10.7. The van der Waals surface area contributed by atoms with Crippen molar-refractivity contribution in [2.24, 2.45) is 0 Å². The zero-order chi connectivity index (χ0) is 12.1. The van der Waals surface area contributed by atoms with Gasteiger partial charge in [0, 0.05) is 5.69 Å². The predicted octanol–water partition coefficient (Wildman–Crippen LogP) is 1.72. The standard InChI is InChI=1S/C12H15NO3/c1-4-5-6-16-12(15)10-8(2)7-9(3)13-11(10)14/h4-5,7H,6H2,1-3H3,(H,13,14)/b5-4+. The average molecular weight is 221 g/mol. The van der Waals surface area contributed by atoms with Crippen LogP contribution in [0.25, 0.3) is 0 Å². The van der Waals surface area contributed by atoms with Gasteiger partial charge in [0.15, 0.2) is 0 Å². The van der Waals surface area contributed by atoms with Gasteiger partial charge in [-0.15, -0.1) is 0 Å². The molecule has 1 heterocycles. The second-order valence-corrected chi connectivity index (χ2v) is 3.51. The molecule has 0 unspecified atom stereocenters. The molecule has 0 aliphatic carbocycles. The van der Waals surface area contributed by atoms with Gasteiger partial charge in [0.1, 0.15) is 12.2 Å². The van der Waals surface area contributed by atoms with Crippen molar-refractivity contribution >= 4 is 5.97 Å². The molecule has 4 heteroatoms. The molecule has 0 saturated heterocycles. The fourth-order valence-corrected chi connectivity index (χ4v) is 1.40. The van der Waals surface area contributed by atoms with Crippen LogP contribution in [-0.2, 0) is 4.74 Å². The van der Waals surface area contributed by atoms with Gasteiger partial charge in [-0.25, -0.2) is 4.79 Å². The number of hydrogen-bond donors (Lipinski definition) is 1. The molecule has 0 aromatic carbocycles. The third-order valence-electron chi connectivity index (χ3n) is 2.12. The van der Waals surface area contributed by atoms with E-state index in [1.54, 1.807) is 32.1 Å². The predicted molar refractivity (Wildman–Crippen MR) is 61.6 cm³/mol. The quantitative estimate of drug-likeness (QED) is 0.624. The van der Waals surface area contributed by atoms with Crippen LogP contribution < -0.4 is 5.56 Å². The summed E-state index contributed by atoms with van der Waals surface area (Å²) in [5.41, 5.74) is 1.04. The van der Waals surface area contributed by atoms with Gasteiger partial charge in [0.25, 0.3) is 5.56 Å². The Morgan fingerprint density at radius 1 is 1.50 bits per heavy atom. The zero-order valence-corrected chi connectivity index (χ0v) is 9.66. The Kier molecular flexibility index (Phi) is 4.05. The number of ether oxygens (including phenoxy) is 1. The van der Waals surface area contributed by atoms with Crippen LogP contribution in [-0.4, -0.2) is 17.6 Å². The monoisotopic (exact) mass is 221 g/mol. The van der Waals surface area contributed by atoms with Gasteiger partial charge in [-0.1, -0.05) is 12.2 Å². The molecule has 0 atom stereocenters. The number of carbonyl (C=O) groups is 1. The summed E-state index contributed by atoms with van der Waals surface area (Å²) in [6, 6.07) is 1.74. The summed E-state index contributed by atoms with van der Waals surface area (Å²) in [4.78, 5) is 25.7. The molecule has 1 rings (SSSR count). The lowest BCUT2D eigenvalue weighted by molar-refractivity contribution is 0.0546. The molecule has 1 N–H and O–H groups in total. The summed E-state index contributed by atoms with van der Waals surface area (Å²) in [5.74, 6) is -0.586. The molecule has 1 aromatic rings. The first kappa shape index (κ1) is 12.2. The number of rotatable bonds is 3. The molecule has 1 aromatic heterocycles. The first-order valence-electron chi connectivity index (χ1n) is 5.05. The highest BCUT2D eigenvalue weighted by Gasteiger charge is 2.14. The number of aromatic nitrogens is 1. The Morgan fingerprint density at radius 2 is 2.19 bits per heavy atom. The van der Waals surface area contributed by atoms with Gasteiger partial charge in [-0.2, -0.15) is 0 Å². The van der Waals surface area contributed by atoms with Gasteiger partial charge < -0.3 is 9.72 Å². The zero-order valence-electron chi connectivity index (χ0n) is 9.66. The molecule has 0 spiro atoms. The Labute approximate surface area is 94.0 Å². The Morgan fingerprint density at radius 3 is 2.75 bits per heavy atom. The summed E-state index contributed by atoms with van der Waals surface area (Å²) >= 11 is 0. The van der Waals surface area contributed by atoms with Crippen LogP contribution in [0.2, 0.25) is 0 Å². The third-order valence-corrected chi connectivity index (χ3v) is 2.12. The highest BCUT2D eigenvalue weighted by atomic mass is 16.5. The van der Waals surface area contributed by atoms with E-state index in [0.29, 0.717) is 5.56 Å². The second kappa shape index (κ2) is 5.30. The minimum Gasteiger partial charge on any atom is -0.458 e. The van der Waals surface area contributed by atoms with Crippen molar-refractivity contribution in [3.05, 3.63) is 45.4 Å². The minimum atomic E-state index is -0.586. The third kappa shape index (κ3) is 2.82. The van der Waals surface area contributed by atoms with Gasteiger partial charge in [0.05, 0.1) is 0 Å². The maximum Gasteiger partial charge on any atom is 0.344 e. The molecule has 0 amide bonds. The Balaban J connectivity index is 2.96. The SMILES string of the molecule is C/C=C/COC(=O)c1c(C)cc(C)[nH]c1=O. The van der Waals surface area contributed by atoms with Crippen molar-refractivity contribution in [1.82, 2.24) is 4.98 Å². The number of nitrogens with one attached hydrogen (secondary N) is 1. The van der Waals surface area contributed by atoms with Crippen molar-refractivity contribution in [2.45, 2.75) is 20.8 Å². The summed E-state index contributed by atoms with van der Waals surface area (Å²) in [5, 5.41) is 0. The maximum atomic E-state index is 11.6. The van der Waals surface area contributed by atoms with Crippen LogP contribution in [0, 0.1) is 13.8 Å². The number of esters is 1. The lowest BCUT2D eigenvalue weighted by atomic mass is 10.1. The van der Waals surface area contributed by atoms with Gasteiger partial charge in [-0.3, -0.25) is 4.79 Å². The van der Waals surface area contributed by atoms with E-state index in [4.69, 9.17) is 4.74 Å². The molecule has 0 fully saturated rings. The number of pyridine rings is 1. The number of carbonyl (C=O) groups excluding carboxylic acids is 1. The topological polar surface area (TPSA) is 59.2 Å². The molecular formula is C12H15NO3. The summed E-state index contributed by atoms with van der Waals surface area (Å²) < 4.78 is 4.92. The summed E-state index contributed by atoms with van der Waals surface area (Å²) in [6.07, 6.45) is 3.48. The molecule has 0 saturated carbocycles. The average Bonchev–Trinajstić information content (AvgIpc) is 2.16. The highest BCUT2D eigenvalue weighted by molar-refractivity contribution is 5.90. The van der Waals surface area contributed by atoms with Crippen molar-refractivity contribution in [3.8, 4) is 0 Å². The number of hydrogen-bond acceptors (Lipinski definition) is 3. The van der Waals surface area contributed by atoms with Crippen molar-refractivity contribution in [1.29, 1.82) is 0 Å². The smallest absolute Gasteiger partial charge is 0.344 e. The van der Waals surface area contributed by atoms with E-state index in [-0.39, 0.29) is 12.2 Å². The largest absolute Gasteiger partial charge is 0.458 e. The van der Waals surface area contributed by atoms with Crippen LogP contribution >= 0.6 is 0 Å². The molecule has 0 radical (unpaired) electrons.